The Bertz CT molecular complexity index is 258. The van der Waals surface area contributed by atoms with Gasteiger partial charge in [0.1, 0.15) is 0 Å². The predicted octanol–water partition coefficient (Wildman–Crippen LogP) is 0.502. The van der Waals surface area contributed by atoms with E-state index in [1.54, 1.807) is 0 Å². The van der Waals surface area contributed by atoms with Crippen LogP contribution in [-0.4, -0.2) is 47.2 Å². The van der Waals surface area contributed by atoms with Crippen LogP contribution in [0.5, 0.6) is 0 Å². The molecule has 0 bridgehead atoms. The molecule has 2 N–H and O–H groups in total. The van der Waals surface area contributed by atoms with Crippen molar-refractivity contribution < 1.29 is 9.90 Å². The van der Waals surface area contributed by atoms with Gasteiger partial charge in [0, 0.05) is 12.6 Å². The molecular formula is C12H22N2O2. The first-order valence-electron chi connectivity index (χ1n) is 6.40. The van der Waals surface area contributed by atoms with Gasteiger partial charge < -0.3 is 15.3 Å². The second-order valence-corrected chi connectivity index (χ2v) is 4.92. The predicted molar refractivity (Wildman–Crippen MR) is 62.1 cm³/mol. The fourth-order valence-electron chi connectivity index (χ4n) is 2.66. The summed E-state index contributed by atoms with van der Waals surface area (Å²) in [7, 11) is 0. The van der Waals surface area contributed by atoms with Crippen molar-refractivity contribution >= 4 is 5.91 Å². The quantitative estimate of drug-likeness (QED) is 0.718. The van der Waals surface area contributed by atoms with E-state index in [4.69, 9.17) is 5.11 Å². The smallest absolute Gasteiger partial charge is 0.243 e. The van der Waals surface area contributed by atoms with Crippen LogP contribution in [0, 0.1) is 0 Å². The zero-order valence-corrected chi connectivity index (χ0v) is 10.0. The van der Waals surface area contributed by atoms with E-state index in [2.05, 4.69) is 12.2 Å². The lowest BCUT2D eigenvalue weighted by Crippen LogP contribution is -2.55. The van der Waals surface area contributed by atoms with E-state index in [0.29, 0.717) is 12.6 Å². The summed E-state index contributed by atoms with van der Waals surface area (Å²) in [5, 5.41) is 12.4. The molecule has 0 aromatic carbocycles. The number of rotatable bonds is 5. The molecule has 16 heavy (non-hydrogen) atoms. The number of carbonyl (C=O) groups is 1. The minimum Gasteiger partial charge on any atom is -0.395 e. The number of aliphatic hydroxyl groups excluding tert-OH is 1. The molecule has 2 aliphatic rings. The largest absolute Gasteiger partial charge is 0.395 e. The van der Waals surface area contributed by atoms with Crippen molar-refractivity contribution in [2.75, 3.05) is 19.7 Å². The van der Waals surface area contributed by atoms with E-state index >= 15 is 0 Å². The summed E-state index contributed by atoms with van der Waals surface area (Å²) in [5.41, 5.74) is -0.336. The first kappa shape index (κ1) is 11.9. The SMILES string of the molecule is CCC1(C(=O)N(CCO)C2CC2)CCCN1. The Morgan fingerprint density at radius 1 is 1.56 bits per heavy atom. The van der Waals surface area contributed by atoms with Crippen molar-refractivity contribution in [1.82, 2.24) is 10.2 Å². The van der Waals surface area contributed by atoms with Gasteiger partial charge in [-0.1, -0.05) is 6.92 Å². The molecule has 4 nitrogen and oxygen atoms in total. The topological polar surface area (TPSA) is 52.6 Å². The maximum atomic E-state index is 12.5. The number of aliphatic hydroxyl groups is 1. The highest BCUT2D eigenvalue weighted by Crippen LogP contribution is 2.32. The zero-order chi connectivity index (χ0) is 11.6. The third-order valence-corrected chi connectivity index (χ3v) is 3.85. The van der Waals surface area contributed by atoms with Crippen molar-refractivity contribution in [3.05, 3.63) is 0 Å². The fraction of sp³-hybridized carbons (Fsp3) is 0.917. The third-order valence-electron chi connectivity index (χ3n) is 3.85. The molecule has 1 heterocycles. The van der Waals surface area contributed by atoms with Crippen LogP contribution in [0.1, 0.15) is 39.0 Å². The van der Waals surface area contributed by atoms with Gasteiger partial charge in [0.2, 0.25) is 5.91 Å². The molecule has 1 saturated carbocycles. The van der Waals surface area contributed by atoms with Crippen LogP contribution in [0.25, 0.3) is 0 Å². The molecule has 2 rings (SSSR count). The summed E-state index contributed by atoms with van der Waals surface area (Å²) >= 11 is 0. The van der Waals surface area contributed by atoms with Crippen molar-refractivity contribution in [3.8, 4) is 0 Å². The summed E-state index contributed by atoms with van der Waals surface area (Å²) in [5.74, 6) is 0.212. The molecule has 0 aromatic heterocycles. The Kier molecular flexibility index (Phi) is 3.50. The average molecular weight is 226 g/mol. The minimum absolute atomic E-state index is 0.0715. The summed E-state index contributed by atoms with van der Waals surface area (Å²) in [6.45, 7) is 3.58. The molecule has 0 spiro atoms. The van der Waals surface area contributed by atoms with Crippen LogP contribution in [0.4, 0.5) is 0 Å². The summed E-state index contributed by atoms with van der Waals surface area (Å²) in [4.78, 5) is 14.4. The van der Waals surface area contributed by atoms with Gasteiger partial charge in [-0.05, 0) is 38.6 Å². The molecule has 0 aromatic rings. The standard InChI is InChI=1S/C12H22N2O2/c1-2-12(6-3-7-13-12)11(16)14(8-9-15)10-4-5-10/h10,13,15H,2-9H2,1H3. The molecule has 1 amide bonds. The molecule has 1 aliphatic carbocycles. The maximum absolute atomic E-state index is 12.5. The van der Waals surface area contributed by atoms with Crippen LogP contribution >= 0.6 is 0 Å². The average Bonchev–Trinajstić information content (AvgIpc) is 3.02. The Morgan fingerprint density at radius 3 is 2.75 bits per heavy atom. The van der Waals surface area contributed by atoms with Crippen molar-refractivity contribution in [2.45, 2.75) is 50.6 Å². The van der Waals surface area contributed by atoms with Gasteiger partial charge in [0.05, 0.1) is 12.1 Å². The van der Waals surface area contributed by atoms with E-state index in [9.17, 15) is 4.79 Å². The number of hydrogen-bond acceptors (Lipinski definition) is 3. The Hall–Kier alpha value is -0.610. The van der Waals surface area contributed by atoms with E-state index in [1.807, 2.05) is 4.90 Å². The lowest BCUT2D eigenvalue weighted by molar-refractivity contribution is -0.139. The Labute approximate surface area is 97.0 Å². The highest BCUT2D eigenvalue weighted by Gasteiger charge is 2.45. The molecule has 1 aliphatic heterocycles. The fourth-order valence-corrected chi connectivity index (χ4v) is 2.66. The number of nitrogens with one attached hydrogen (secondary N) is 1. The number of amides is 1. The normalized spacial score (nSPS) is 29.4. The highest BCUT2D eigenvalue weighted by molar-refractivity contribution is 5.87. The number of nitrogens with zero attached hydrogens (tertiary/aromatic N) is 1. The molecule has 1 unspecified atom stereocenters. The monoisotopic (exact) mass is 226 g/mol. The lowest BCUT2D eigenvalue weighted by atomic mass is 9.92. The first-order valence-corrected chi connectivity index (χ1v) is 6.40. The van der Waals surface area contributed by atoms with Gasteiger partial charge in [-0.15, -0.1) is 0 Å². The van der Waals surface area contributed by atoms with Gasteiger partial charge >= 0.3 is 0 Å². The Balaban J connectivity index is 2.07. The molecule has 2 fully saturated rings. The molecule has 1 saturated heterocycles. The highest BCUT2D eigenvalue weighted by atomic mass is 16.3. The van der Waals surface area contributed by atoms with E-state index in [0.717, 1.165) is 38.6 Å². The molecule has 4 heteroatoms. The van der Waals surface area contributed by atoms with E-state index in [-0.39, 0.29) is 18.1 Å². The maximum Gasteiger partial charge on any atom is 0.243 e. The van der Waals surface area contributed by atoms with E-state index in [1.165, 1.54) is 0 Å². The summed E-state index contributed by atoms with van der Waals surface area (Å²) in [6.07, 6.45) is 5.08. The van der Waals surface area contributed by atoms with Gasteiger partial charge in [0.15, 0.2) is 0 Å². The third kappa shape index (κ3) is 2.09. The van der Waals surface area contributed by atoms with Crippen LogP contribution in [0.15, 0.2) is 0 Å². The molecule has 1 atom stereocenters. The van der Waals surface area contributed by atoms with Crippen molar-refractivity contribution in [2.24, 2.45) is 0 Å². The number of carbonyl (C=O) groups excluding carboxylic acids is 1. The molecule has 0 radical (unpaired) electrons. The van der Waals surface area contributed by atoms with Gasteiger partial charge in [0.25, 0.3) is 0 Å². The van der Waals surface area contributed by atoms with Gasteiger partial charge in [-0.3, -0.25) is 4.79 Å². The summed E-state index contributed by atoms with van der Waals surface area (Å²) < 4.78 is 0. The molecule has 92 valence electrons. The lowest BCUT2D eigenvalue weighted by Gasteiger charge is -2.33. The summed E-state index contributed by atoms with van der Waals surface area (Å²) in [6, 6.07) is 0.394. The van der Waals surface area contributed by atoms with Crippen LogP contribution < -0.4 is 5.32 Å². The van der Waals surface area contributed by atoms with E-state index < -0.39 is 0 Å². The van der Waals surface area contributed by atoms with Crippen molar-refractivity contribution in [1.29, 1.82) is 0 Å². The van der Waals surface area contributed by atoms with Crippen molar-refractivity contribution in [3.63, 3.8) is 0 Å². The number of hydrogen-bond donors (Lipinski definition) is 2. The van der Waals surface area contributed by atoms with Gasteiger partial charge in [-0.25, -0.2) is 0 Å². The minimum atomic E-state index is -0.336. The zero-order valence-electron chi connectivity index (χ0n) is 10.0. The molecular weight excluding hydrogens is 204 g/mol. The van der Waals surface area contributed by atoms with Crippen LogP contribution in [0.3, 0.4) is 0 Å². The van der Waals surface area contributed by atoms with Crippen LogP contribution in [0.2, 0.25) is 0 Å². The Morgan fingerprint density at radius 2 is 2.31 bits per heavy atom. The second kappa shape index (κ2) is 4.72. The first-order chi connectivity index (χ1) is 7.73. The van der Waals surface area contributed by atoms with Crippen LogP contribution in [-0.2, 0) is 4.79 Å². The van der Waals surface area contributed by atoms with Gasteiger partial charge in [-0.2, -0.15) is 0 Å². The second-order valence-electron chi connectivity index (χ2n) is 4.92.